The van der Waals surface area contributed by atoms with Gasteiger partial charge in [0.05, 0.1) is 0 Å². The topological polar surface area (TPSA) is 20.2 Å². The fourth-order valence-electron chi connectivity index (χ4n) is 4.08. The van der Waals surface area contributed by atoms with Crippen molar-refractivity contribution in [1.29, 1.82) is 0 Å². The summed E-state index contributed by atoms with van der Waals surface area (Å²) in [6.07, 6.45) is 7.92. The highest BCUT2D eigenvalue weighted by Gasteiger charge is 2.23. The Morgan fingerprint density at radius 1 is 1.04 bits per heavy atom. The average molecular weight is 357 g/mol. The van der Waals surface area contributed by atoms with Gasteiger partial charge in [-0.05, 0) is 72.3 Å². The van der Waals surface area contributed by atoms with E-state index in [1.165, 1.54) is 41.5 Å². The Bertz CT molecular complexity index is 677. The van der Waals surface area contributed by atoms with Gasteiger partial charge < -0.3 is 5.11 Å². The van der Waals surface area contributed by atoms with Crippen LogP contribution >= 0.6 is 11.6 Å². The van der Waals surface area contributed by atoms with Gasteiger partial charge in [-0.2, -0.15) is 0 Å². The van der Waals surface area contributed by atoms with Crippen LogP contribution < -0.4 is 0 Å². The van der Waals surface area contributed by atoms with Crippen LogP contribution in [0.5, 0.6) is 0 Å². The summed E-state index contributed by atoms with van der Waals surface area (Å²) in [6.45, 7) is 2.53. The van der Waals surface area contributed by atoms with Crippen molar-refractivity contribution in [2.45, 2.75) is 57.8 Å². The zero-order chi connectivity index (χ0) is 17.6. The molecule has 0 bridgehead atoms. The van der Waals surface area contributed by atoms with Crippen molar-refractivity contribution >= 4 is 11.6 Å². The minimum Gasteiger partial charge on any atom is -0.396 e. The van der Waals surface area contributed by atoms with Gasteiger partial charge in [-0.15, -0.1) is 0 Å². The number of aliphatic hydroxyl groups excluding tert-OH is 1. The fourth-order valence-corrected chi connectivity index (χ4v) is 4.26. The third-order valence-electron chi connectivity index (χ3n) is 5.54. The lowest BCUT2D eigenvalue weighted by Gasteiger charge is -2.28. The van der Waals surface area contributed by atoms with Crippen molar-refractivity contribution in [2.24, 2.45) is 5.92 Å². The number of rotatable bonds is 6. The second-order valence-corrected chi connectivity index (χ2v) is 7.91. The second kappa shape index (κ2) is 8.87. The Hall–Kier alpha value is -1.31. The molecule has 1 N–H and O–H groups in total. The molecule has 1 saturated carbocycles. The monoisotopic (exact) mass is 356 g/mol. The van der Waals surface area contributed by atoms with Gasteiger partial charge in [0.1, 0.15) is 0 Å². The summed E-state index contributed by atoms with van der Waals surface area (Å²) in [5, 5.41) is 10.3. The molecule has 1 nitrogen and oxygen atoms in total. The minimum atomic E-state index is 0.320. The maximum Gasteiger partial charge on any atom is 0.0459 e. The third-order valence-corrected chi connectivity index (χ3v) is 5.91. The van der Waals surface area contributed by atoms with E-state index in [0.29, 0.717) is 18.4 Å². The van der Waals surface area contributed by atoms with Crippen molar-refractivity contribution < 1.29 is 5.11 Å². The Morgan fingerprint density at radius 3 is 2.52 bits per heavy atom. The van der Waals surface area contributed by atoms with Gasteiger partial charge in [0.15, 0.2) is 0 Å². The van der Waals surface area contributed by atoms with Crippen molar-refractivity contribution in [3.05, 3.63) is 69.7 Å². The highest BCUT2D eigenvalue weighted by Crippen LogP contribution is 2.37. The van der Waals surface area contributed by atoms with Gasteiger partial charge >= 0.3 is 0 Å². The van der Waals surface area contributed by atoms with E-state index in [4.69, 9.17) is 11.6 Å². The number of aryl methyl sites for hydroxylation is 1. The van der Waals surface area contributed by atoms with E-state index in [-0.39, 0.29) is 0 Å². The van der Waals surface area contributed by atoms with Gasteiger partial charge in [-0.25, -0.2) is 0 Å². The van der Waals surface area contributed by atoms with Gasteiger partial charge in [-0.1, -0.05) is 67.8 Å². The van der Waals surface area contributed by atoms with Crippen molar-refractivity contribution in [3.63, 3.8) is 0 Å². The normalized spacial score (nSPS) is 20.6. The van der Waals surface area contributed by atoms with Crippen LogP contribution in [-0.4, -0.2) is 11.7 Å². The molecule has 2 aromatic rings. The molecule has 2 heteroatoms. The van der Waals surface area contributed by atoms with Crippen LogP contribution in [0.15, 0.2) is 42.5 Å². The molecule has 1 fully saturated rings. The molecule has 0 aromatic heterocycles. The third kappa shape index (κ3) is 4.86. The molecule has 2 atom stereocenters. The average Bonchev–Trinajstić information content (AvgIpc) is 2.65. The largest absolute Gasteiger partial charge is 0.396 e. The summed E-state index contributed by atoms with van der Waals surface area (Å²) in [5.74, 6) is 1.03. The predicted molar refractivity (Wildman–Crippen MR) is 106 cm³/mol. The molecule has 0 heterocycles. The number of aliphatic hydroxyl groups is 1. The van der Waals surface area contributed by atoms with Crippen LogP contribution in [0.2, 0.25) is 5.02 Å². The molecular weight excluding hydrogens is 328 g/mol. The molecule has 1 aliphatic carbocycles. The number of halogens is 1. The first-order valence-electron chi connectivity index (χ1n) is 9.66. The molecule has 25 heavy (non-hydrogen) atoms. The zero-order valence-corrected chi connectivity index (χ0v) is 15.9. The van der Waals surface area contributed by atoms with Crippen LogP contribution in [-0.2, 0) is 12.8 Å². The van der Waals surface area contributed by atoms with Crippen LogP contribution in [0.25, 0.3) is 0 Å². The number of hydrogen-bond donors (Lipinski definition) is 1. The maximum absolute atomic E-state index is 9.49. The number of benzene rings is 2. The van der Waals surface area contributed by atoms with Gasteiger partial charge in [0.2, 0.25) is 0 Å². The number of hydrogen-bond acceptors (Lipinski definition) is 1. The van der Waals surface area contributed by atoms with E-state index >= 15 is 0 Å². The molecule has 134 valence electrons. The minimum absolute atomic E-state index is 0.320. The Morgan fingerprint density at radius 2 is 1.80 bits per heavy atom. The zero-order valence-electron chi connectivity index (χ0n) is 15.2. The van der Waals surface area contributed by atoms with Gasteiger partial charge in [-0.3, -0.25) is 0 Å². The molecule has 2 aromatic carbocycles. The highest BCUT2D eigenvalue weighted by molar-refractivity contribution is 6.31. The molecule has 0 saturated heterocycles. The van der Waals surface area contributed by atoms with E-state index in [2.05, 4.69) is 49.4 Å². The van der Waals surface area contributed by atoms with Crippen LogP contribution in [0.4, 0.5) is 0 Å². The lowest BCUT2D eigenvalue weighted by Crippen LogP contribution is -2.17. The highest BCUT2D eigenvalue weighted by atomic mass is 35.5. The summed E-state index contributed by atoms with van der Waals surface area (Å²) < 4.78 is 0. The van der Waals surface area contributed by atoms with Gasteiger partial charge in [0, 0.05) is 11.6 Å². The van der Waals surface area contributed by atoms with E-state index < -0.39 is 0 Å². The van der Waals surface area contributed by atoms with E-state index in [1.54, 1.807) is 0 Å². The second-order valence-electron chi connectivity index (χ2n) is 7.51. The van der Waals surface area contributed by atoms with Crippen LogP contribution in [0.1, 0.15) is 67.2 Å². The summed E-state index contributed by atoms with van der Waals surface area (Å²) in [4.78, 5) is 0. The Labute approximate surface area is 157 Å². The molecule has 0 spiro atoms. The standard InChI is InChI=1S/C23H29ClO/c1-2-4-17-7-9-18(10-8-17)13-22-15-21(11-12-23(22)24)20-6-3-5-19(14-20)16-25/h7-12,15,19-20,25H,2-6,13-14,16H2,1H3/t19-,20+/m0/s1. The van der Waals surface area contributed by atoms with Crippen LogP contribution in [0.3, 0.4) is 0 Å². The molecule has 3 rings (SSSR count). The summed E-state index contributed by atoms with van der Waals surface area (Å²) in [7, 11) is 0. The molecule has 0 aliphatic heterocycles. The fraction of sp³-hybridized carbons (Fsp3) is 0.478. The van der Waals surface area contributed by atoms with E-state index in [9.17, 15) is 5.11 Å². The summed E-state index contributed by atoms with van der Waals surface area (Å²) >= 11 is 6.48. The smallest absolute Gasteiger partial charge is 0.0459 e. The molecule has 0 amide bonds. The summed E-state index contributed by atoms with van der Waals surface area (Å²) in [6, 6.07) is 15.5. The van der Waals surface area contributed by atoms with Gasteiger partial charge in [0.25, 0.3) is 0 Å². The van der Waals surface area contributed by atoms with Crippen molar-refractivity contribution in [3.8, 4) is 0 Å². The molecule has 0 radical (unpaired) electrons. The summed E-state index contributed by atoms with van der Waals surface area (Å²) in [5.41, 5.74) is 5.33. The maximum atomic E-state index is 9.49. The first-order valence-corrected chi connectivity index (χ1v) is 10.0. The predicted octanol–water partition coefficient (Wildman–Crippen LogP) is 6.15. The SMILES string of the molecule is CCCc1ccc(Cc2cc([C@@H]3CCC[C@H](CO)C3)ccc2Cl)cc1. The van der Waals surface area contributed by atoms with E-state index in [1.807, 2.05) is 0 Å². The first-order chi connectivity index (χ1) is 12.2. The molecular formula is C23H29ClO. The van der Waals surface area contributed by atoms with Crippen molar-refractivity contribution in [2.75, 3.05) is 6.61 Å². The van der Waals surface area contributed by atoms with Crippen molar-refractivity contribution in [1.82, 2.24) is 0 Å². The molecule has 0 unspecified atom stereocenters. The lowest BCUT2D eigenvalue weighted by molar-refractivity contribution is 0.180. The quantitative estimate of drug-likeness (QED) is 0.658. The lowest BCUT2D eigenvalue weighted by atomic mass is 9.78. The van der Waals surface area contributed by atoms with E-state index in [0.717, 1.165) is 30.7 Å². The molecule has 1 aliphatic rings. The van der Waals surface area contributed by atoms with Crippen LogP contribution in [0, 0.1) is 5.92 Å². The first kappa shape index (κ1) is 18.5. The Balaban J connectivity index is 1.75. The Kier molecular flexibility index (Phi) is 6.56.